The van der Waals surface area contributed by atoms with Crippen molar-refractivity contribution in [3.05, 3.63) is 36.5 Å². The Morgan fingerprint density at radius 3 is 2.00 bits per heavy atom. The normalized spacial score (nSPS) is 12.7. The Morgan fingerprint density at radius 1 is 0.793 bits per heavy atom. The van der Waals surface area contributed by atoms with Gasteiger partial charge in [0, 0.05) is 12.8 Å². The number of carbonyl (C=O) groups is 3. The van der Waals surface area contributed by atoms with Crippen LogP contribution in [0.25, 0.3) is 0 Å². The Morgan fingerprint density at radius 2 is 1.38 bits per heavy atom. The zero-order chi connectivity index (χ0) is 21.7. The predicted molar refractivity (Wildman–Crippen MR) is 116 cm³/mol. The topological polar surface area (TPSA) is 104 Å². The van der Waals surface area contributed by atoms with Gasteiger partial charge in [-0.15, -0.1) is 0 Å². The fourth-order valence-corrected chi connectivity index (χ4v) is 2.70. The molecule has 1 atom stereocenters. The molecule has 0 aromatic carbocycles. The molecule has 0 saturated heterocycles. The number of allylic oxidation sites excluding steroid dienone is 6. The average molecular weight is 408 g/mol. The third kappa shape index (κ3) is 18.7. The van der Waals surface area contributed by atoms with E-state index in [9.17, 15) is 14.4 Å². The zero-order valence-corrected chi connectivity index (χ0v) is 17.6. The SMILES string of the molecule is CC/C=C/C/C=C/C/C=C/CCCCCCCC(=O)N[C@@H](CCC(=O)O)C(=O)O. The predicted octanol–water partition coefficient (Wildman–Crippen LogP) is 5.01. The molecule has 1 amide bonds. The van der Waals surface area contributed by atoms with E-state index >= 15 is 0 Å². The summed E-state index contributed by atoms with van der Waals surface area (Å²) in [6, 6.07) is -1.13. The monoisotopic (exact) mass is 407 g/mol. The van der Waals surface area contributed by atoms with E-state index in [0.29, 0.717) is 6.42 Å². The van der Waals surface area contributed by atoms with Crippen molar-refractivity contribution < 1.29 is 24.6 Å². The van der Waals surface area contributed by atoms with E-state index in [1.807, 2.05) is 0 Å². The minimum absolute atomic E-state index is 0.102. The van der Waals surface area contributed by atoms with Gasteiger partial charge in [0.2, 0.25) is 5.91 Å². The number of aliphatic carboxylic acids is 2. The molecular formula is C23H37NO5. The van der Waals surface area contributed by atoms with Crippen molar-refractivity contribution in [2.45, 2.75) is 90.0 Å². The standard InChI is InChI=1S/C23H37NO5/c1-2-3-4-5-6-7-8-9-10-11-12-13-14-15-16-17-21(25)24-20(23(28)29)18-19-22(26)27/h3-4,6-7,9-10,20H,2,5,8,11-19H2,1H3,(H,24,25)(H,26,27)(H,28,29)/b4-3+,7-6+,10-9+/t20-/m0/s1. The summed E-state index contributed by atoms with van der Waals surface area (Å²) >= 11 is 0. The van der Waals surface area contributed by atoms with Crippen LogP contribution in [0.3, 0.4) is 0 Å². The van der Waals surface area contributed by atoms with Crippen LogP contribution in [0.1, 0.15) is 84.0 Å². The minimum atomic E-state index is -1.20. The highest BCUT2D eigenvalue weighted by Gasteiger charge is 2.20. The highest BCUT2D eigenvalue weighted by molar-refractivity contribution is 5.83. The Bertz CT molecular complexity index is 551. The molecule has 0 aliphatic heterocycles. The number of rotatable bonds is 18. The first kappa shape index (κ1) is 26.6. The summed E-state index contributed by atoms with van der Waals surface area (Å²) in [6.45, 7) is 2.13. The lowest BCUT2D eigenvalue weighted by Crippen LogP contribution is -2.41. The van der Waals surface area contributed by atoms with Crippen molar-refractivity contribution in [1.82, 2.24) is 5.32 Å². The summed E-state index contributed by atoms with van der Waals surface area (Å²) in [7, 11) is 0. The molecule has 0 rings (SSSR count). The van der Waals surface area contributed by atoms with E-state index in [0.717, 1.165) is 51.4 Å². The summed E-state index contributed by atoms with van der Waals surface area (Å²) in [5.74, 6) is -2.60. The van der Waals surface area contributed by atoms with E-state index in [1.54, 1.807) is 0 Å². The fourth-order valence-electron chi connectivity index (χ4n) is 2.70. The molecule has 0 aromatic rings. The van der Waals surface area contributed by atoms with E-state index in [2.05, 4.69) is 48.7 Å². The van der Waals surface area contributed by atoms with Crippen LogP contribution in [0.5, 0.6) is 0 Å². The van der Waals surface area contributed by atoms with Gasteiger partial charge in [0.05, 0.1) is 0 Å². The molecule has 29 heavy (non-hydrogen) atoms. The maximum absolute atomic E-state index is 11.8. The lowest BCUT2D eigenvalue weighted by Gasteiger charge is -2.13. The Labute approximate surface area is 174 Å². The van der Waals surface area contributed by atoms with Crippen LogP contribution in [-0.2, 0) is 14.4 Å². The van der Waals surface area contributed by atoms with Gasteiger partial charge in [-0.2, -0.15) is 0 Å². The van der Waals surface area contributed by atoms with Crippen molar-refractivity contribution >= 4 is 17.8 Å². The second kappa shape index (κ2) is 19.0. The van der Waals surface area contributed by atoms with Gasteiger partial charge in [0.25, 0.3) is 0 Å². The summed E-state index contributed by atoms with van der Waals surface area (Å²) in [6.07, 6.45) is 22.0. The number of carboxylic acids is 2. The molecule has 0 spiro atoms. The average Bonchev–Trinajstić information content (AvgIpc) is 2.67. The molecule has 6 nitrogen and oxygen atoms in total. The molecule has 0 heterocycles. The molecule has 164 valence electrons. The van der Waals surface area contributed by atoms with Crippen LogP contribution in [0.4, 0.5) is 0 Å². The third-order valence-electron chi connectivity index (χ3n) is 4.33. The molecule has 0 radical (unpaired) electrons. The Hall–Kier alpha value is -2.37. The van der Waals surface area contributed by atoms with Crippen molar-refractivity contribution in [3.8, 4) is 0 Å². The van der Waals surface area contributed by atoms with Crippen molar-refractivity contribution in [2.24, 2.45) is 0 Å². The number of carboxylic acid groups (broad SMARTS) is 2. The van der Waals surface area contributed by atoms with Crippen LogP contribution in [0.2, 0.25) is 0 Å². The lowest BCUT2D eigenvalue weighted by atomic mass is 10.1. The molecule has 0 aromatic heterocycles. The number of carbonyl (C=O) groups excluding carboxylic acids is 1. The highest BCUT2D eigenvalue weighted by atomic mass is 16.4. The fraction of sp³-hybridized carbons (Fsp3) is 0.609. The second-order valence-electron chi connectivity index (χ2n) is 6.99. The van der Waals surface area contributed by atoms with Gasteiger partial charge in [0.15, 0.2) is 0 Å². The van der Waals surface area contributed by atoms with E-state index in [4.69, 9.17) is 10.2 Å². The molecule has 0 bridgehead atoms. The number of unbranched alkanes of at least 4 members (excludes halogenated alkanes) is 5. The zero-order valence-electron chi connectivity index (χ0n) is 17.6. The molecule has 0 aliphatic rings. The quantitative estimate of drug-likeness (QED) is 0.219. The van der Waals surface area contributed by atoms with Gasteiger partial charge < -0.3 is 15.5 Å². The summed E-state index contributed by atoms with van der Waals surface area (Å²) < 4.78 is 0. The number of hydrogen-bond donors (Lipinski definition) is 3. The van der Waals surface area contributed by atoms with E-state index in [1.165, 1.54) is 0 Å². The van der Waals surface area contributed by atoms with Gasteiger partial charge in [0.1, 0.15) is 6.04 Å². The van der Waals surface area contributed by atoms with Crippen LogP contribution < -0.4 is 5.32 Å². The number of nitrogens with one attached hydrogen (secondary N) is 1. The van der Waals surface area contributed by atoms with E-state index < -0.39 is 18.0 Å². The number of amides is 1. The summed E-state index contributed by atoms with van der Waals surface area (Å²) in [5.41, 5.74) is 0. The first-order chi connectivity index (χ1) is 14.0. The van der Waals surface area contributed by atoms with Crippen LogP contribution in [0.15, 0.2) is 36.5 Å². The van der Waals surface area contributed by atoms with Gasteiger partial charge >= 0.3 is 11.9 Å². The minimum Gasteiger partial charge on any atom is -0.481 e. The Kier molecular flexibility index (Phi) is 17.4. The van der Waals surface area contributed by atoms with Crippen LogP contribution in [-0.4, -0.2) is 34.1 Å². The molecule has 3 N–H and O–H groups in total. The maximum Gasteiger partial charge on any atom is 0.326 e. The molecule has 6 heteroatoms. The van der Waals surface area contributed by atoms with Crippen LogP contribution >= 0.6 is 0 Å². The summed E-state index contributed by atoms with van der Waals surface area (Å²) in [5, 5.41) is 20.0. The smallest absolute Gasteiger partial charge is 0.326 e. The van der Waals surface area contributed by atoms with Crippen molar-refractivity contribution in [2.75, 3.05) is 0 Å². The largest absolute Gasteiger partial charge is 0.481 e. The van der Waals surface area contributed by atoms with Gasteiger partial charge in [-0.3, -0.25) is 9.59 Å². The molecule has 0 unspecified atom stereocenters. The second-order valence-corrected chi connectivity index (χ2v) is 6.99. The molecule has 0 fully saturated rings. The van der Waals surface area contributed by atoms with Crippen molar-refractivity contribution in [3.63, 3.8) is 0 Å². The third-order valence-corrected chi connectivity index (χ3v) is 4.33. The van der Waals surface area contributed by atoms with Gasteiger partial charge in [-0.05, 0) is 44.9 Å². The lowest BCUT2D eigenvalue weighted by molar-refractivity contribution is -0.143. The maximum atomic E-state index is 11.8. The first-order valence-corrected chi connectivity index (χ1v) is 10.7. The number of hydrogen-bond acceptors (Lipinski definition) is 3. The highest BCUT2D eigenvalue weighted by Crippen LogP contribution is 2.08. The molecule has 0 saturated carbocycles. The molecule has 0 aliphatic carbocycles. The summed E-state index contributed by atoms with van der Waals surface area (Å²) in [4.78, 5) is 33.4. The van der Waals surface area contributed by atoms with E-state index in [-0.39, 0.29) is 25.2 Å². The first-order valence-electron chi connectivity index (χ1n) is 10.7. The van der Waals surface area contributed by atoms with Crippen molar-refractivity contribution in [1.29, 1.82) is 0 Å². The van der Waals surface area contributed by atoms with Gasteiger partial charge in [-0.25, -0.2) is 4.79 Å². The Balaban J connectivity index is 3.65. The van der Waals surface area contributed by atoms with Crippen LogP contribution in [0, 0.1) is 0 Å². The molecular weight excluding hydrogens is 370 g/mol. The van der Waals surface area contributed by atoms with Gasteiger partial charge in [-0.1, -0.05) is 62.6 Å².